The van der Waals surface area contributed by atoms with E-state index in [4.69, 9.17) is 4.74 Å². The quantitative estimate of drug-likeness (QED) is 0.881. The molecule has 5 nitrogen and oxygen atoms in total. The fraction of sp³-hybridized carbons (Fsp3) is 0.467. The SMILES string of the molecule is COCCN1CC(C(=O)Nc2ccc(C)c(Br)c2)CC1=O. The molecule has 1 aliphatic rings. The number of amides is 2. The molecule has 0 radical (unpaired) electrons. The van der Waals surface area contributed by atoms with Crippen molar-refractivity contribution in [2.75, 3.05) is 32.1 Å². The second-order valence-corrected chi connectivity index (χ2v) is 6.04. The summed E-state index contributed by atoms with van der Waals surface area (Å²) in [6.07, 6.45) is 0.266. The van der Waals surface area contributed by atoms with Gasteiger partial charge in [-0.25, -0.2) is 0 Å². The molecular formula is C15H19BrN2O3. The van der Waals surface area contributed by atoms with E-state index in [1.54, 1.807) is 12.0 Å². The second kappa shape index (κ2) is 7.04. The Hall–Kier alpha value is -1.40. The molecule has 2 rings (SSSR count). The van der Waals surface area contributed by atoms with Crippen molar-refractivity contribution in [3.05, 3.63) is 28.2 Å². The standard InChI is InChI=1S/C15H19BrN2O3/c1-10-3-4-12(8-13(10)16)17-15(20)11-7-14(19)18(9-11)5-6-21-2/h3-4,8,11H,5-7,9H2,1-2H3,(H,17,20). The van der Waals surface area contributed by atoms with Crippen LogP contribution in [-0.2, 0) is 14.3 Å². The minimum atomic E-state index is -0.297. The Morgan fingerprint density at radius 3 is 2.95 bits per heavy atom. The lowest BCUT2D eigenvalue weighted by atomic mass is 10.1. The van der Waals surface area contributed by atoms with Crippen molar-refractivity contribution in [2.24, 2.45) is 5.92 Å². The third kappa shape index (κ3) is 4.04. The zero-order chi connectivity index (χ0) is 15.4. The highest BCUT2D eigenvalue weighted by Gasteiger charge is 2.33. The molecule has 1 fully saturated rings. The van der Waals surface area contributed by atoms with E-state index < -0.39 is 0 Å². The van der Waals surface area contributed by atoms with E-state index in [-0.39, 0.29) is 24.2 Å². The van der Waals surface area contributed by atoms with E-state index in [2.05, 4.69) is 21.2 Å². The summed E-state index contributed by atoms with van der Waals surface area (Å²) in [5, 5.41) is 2.87. The number of anilines is 1. The number of aryl methyl sites for hydroxylation is 1. The van der Waals surface area contributed by atoms with Crippen LogP contribution in [0.25, 0.3) is 0 Å². The second-order valence-electron chi connectivity index (χ2n) is 5.19. The average Bonchev–Trinajstić information content (AvgIpc) is 2.82. The van der Waals surface area contributed by atoms with Crippen molar-refractivity contribution in [2.45, 2.75) is 13.3 Å². The molecule has 1 atom stereocenters. The minimum Gasteiger partial charge on any atom is -0.383 e. The normalized spacial score (nSPS) is 18.1. The van der Waals surface area contributed by atoms with E-state index in [0.29, 0.717) is 19.7 Å². The predicted molar refractivity (Wildman–Crippen MR) is 84.1 cm³/mol. The van der Waals surface area contributed by atoms with Gasteiger partial charge in [-0.05, 0) is 24.6 Å². The predicted octanol–water partition coefficient (Wildman–Crippen LogP) is 2.19. The number of hydrogen-bond acceptors (Lipinski definition) is 3. The van der Waals surface area contributed by atoms with Gasteiger partial charge in [0.05, 0.1) is 12.5 Å². The van der Waals surface area contributed by atoms with Gasteiger partial charge in [0, 0.05) is 36.8 Å². The molecule has 2 amide bonds. The molecule has 0 spiro atoms. The number of halogens is 1. The molecule has 1 aliphatic heterocycles. The molecule has 21 heavy (non-hydrogen) atoms. The van der Waals surface area contributed by atoms with Gasteiger partial charge in [0.1, 0.15) is 0 Å². The molecule has 1 heterocycles. The monoisotopic (exact) mass is 354 g/mol. The van der Waals surface area contributed by atoms with Crippen LogP contribution in [0.15, 0.2) is 22.7 Å². The molecule has 0 saturated carbocycles. The summed E-state index contributed by atoms with van der Waals surface area (Å²) in [4.78, 5) is 25.7. The zero-order valence-corrected chi connectivity index (χ0v) is 13.8. The number of rotatable bonds is 5. The molecule has 1 aromatic carbocycles. The van der Waals surface area contributed by atoms with Crippen LogP contribution in [0.4, 0.5) is 5.69 Å². The van der Waals surface area contributed by atoms with Crippen LogP contribution < -0.4 is 5.32 Å². The van der Waals surface area contributed by atoms with Gasteiger partial charge in [-0.15, -0.1) is 0 Å². The number of hydrogen-bond donors (Lipinski definition) is 1. The van der Waals surface area contributed by atoms with Crippen molar-refractivity contribution in [3.63, 3.8) is 0 Å². The average molecular weight is 355 g/mol. The minimum absolute atomic E-state index is 0.0114. The third-order valence-corrected chi connectivity index (χ3v) is 4.44. The fourth-order valence-corrected chi connectivity index (χ4v) is 2.66. The zero-order valence-electron chi connectivity index (χ0n) is 12.2. The number of nitrogens with zero attached hydrogens (tertiary/aromatic N) is 1. The first-order chi connectivity index (χ1) is 10.0. The lowest BCUT2D eigenvalue weighted by Gasteiger charge is -2.16. The lowest BCUT2D eigenvalue weighted by Crippen LogP contribution is -2.30. The highest BCUT2D eigenvalue weighted by Crippen LogP contribution is 2.23. The maximum atomic E-state index is 12.2. The topological polar surface area (TPSA) is 58.6 Å². The first-order valence-corrected chi connectivity index (χ1v) is 7.64. The van der Waals surface area contributed by atoms with Gasteiger partial charge in [0.25, 0.3) is 0 Å². The van der Waals surface area contributed by atoms with E-state index in [9.17, 15) is 9.59 Å². The van der Waals surface area contributed by atoms with Gasteiger partial charge in [-0.3, -0.25) is 9.59 Å². The summed E-state index contributed by atoms with van der Waals surface area (Å²) in [6.45, 7) is 3.47. The van der Waals surface area contributed by atoms with Crippen molar-refractivity contribution < 1.29 is 14.3 Å². The molecule has 0 aromatic heterocycles. The maximum absolute atomic E-state index is 12.2. The Kier molecular flexibility index (Phi) is 5.36. The number of methoxy groups -OCH3 is 1. The lowest BCUT2D eigenvalue weighted by molar-refractivity contribution is -0.128. The van der Waals surface area contributed by atoms with Crippen molar-refractivity contribution in [1.82, 2.24) is 4.90 Å². The van der Waals surface area contributed by atoms with Crippen LogP contribution in [0.3, 0.4) is 0 Å². The van der Waals surface area contributed by atoms with Crippen LogP contribution in [0.1, 0.15) is 12.0 Å². The summed E-state index contributed by atoms with van der Waals surface area (Å²) in [5.41, 5.74) is 1.84. The van der Waals surface area contributed by atoms with Gasteiger partial charge < -0.3 is 15.0 Å². The molecule has 1 unspecified atom stereocenters. The van der Waals surface area contributed by atoms with E-state index >= 15 is 0 Å². The van der Waals surface area contributed by atoms with Crippen LogP contribution in [0.2, 0.25) is 0 Å². The van der Waals surface area contributed by atoms with Crippen molar-refractivity contribution >= 4 is 33.4 Å². The molecule has 0 aliphatic carbocycles. The number of carbonyl (C=O) groups is 2. The van der Waals surface area contributed by atoms with Gasteiger partial charge in [-0.1, -0.05) is 22.0 Å². The number of benzene rings is 1. The Bertz CT molecular complexity index is 548. The van der Waals surface area contributed by atoms with Crippen LogP contribution in [0, 0.1) is 12.8 Å². The van der Waals surface area contributed by atoms with Gasteiger partial charge in [0.2, 0.25) is 11.8 Å². The van der Waals surface area contributed by atoms with Gasteiger partial charge in [-0.2, -0.15) is 0 Å². The third-order valence-electron chi connectivity index (χ3n) is 3.59. The molecule has 1 aromatic rings. The van der Waals surface area contributed by atoms with Crippen LogP contribution in [0.5, 0.6) is 0 Å². The van der Waals surface area contributed by atoms with E-state index in [1.807, 2.05) is 25.1 Å². The van der Waals surface area contributed by atoms with Gasteiger partial charge >= 0.3 is 0 Å². The summed E-state index contributed by atoms with van der Waals surface area (Å²) >= 11 is 3.44. The maximum Gasteiger partial charge on any atom is 0.229 e. The van der Waals surface area contributed by atoms with Crippen LogP contribution in [-0.4, -0.2) is 43.5 Å². The first kappa shape index (κ1) is 16.0. The molecule has 114 valence electrons. The van der Waals surface area contributed by atoms with Crippen molar-refractivity contribution in [1.29, 1.82) is 0 Å². The summed E-state index contributed by atoms with van der Waals surface area (Å²) in [5.74, 6) is -0.397. The molecular weight excluding hydrogens is 336 g/mol. The van der Waals surface area contributed by atoms with Crippen molar-refractivity contribution in [3.8, 4) is 0 Å². The van der Waals surface area contributed by atoms with E-state index in [0.717, 1.165) is 15.7 Å². The first-order valence-electron chi connectivity index (χ1n) is 6.85. The Morgan fingerprint density at radius 1 is 1.52 bits per heavy atom. The smallest absolute Gasteiger partial charge is 0.229 e. The summed E-state index contributed by atoms with van der Waals surface area (Å²) in [6, 6.07) is 5.66. The van der Waals surface area contributed by atoms with E-state index in [1.165, 1.54) is 0 Å². The molecule has 1 N–H and O–H groups in total. The number of likely N-dealkylation sites (tertiary alicyclic amines) is 1. The Morgan fingerprint density at radius 2 is 2.29 bits per heavy atom. The van der Waals surface area contributed by atoms with Gasteiger partial charge in [0.15, 0.2) is 0 Å². The molecule has 6 heteroatoms. The molecule has 0 bridgehead atoms. The highest BCUT2D eigenvalue weighted by molar-refractivity contribution is 9.10. The Labute approximate surface area is 132 Å². The van der Waals surface area contributed by atoms with Crippen LogP contribution >= 0.6 is 15.9 Å². The Balaban J connectivity index is 1.95. The number of nitrogens with one attached hydrogen (secondary N) is 1. The summed E-state index contributed by atoms with van der Waals surface area (Å²) in [7, 11) is 1.60. The largest absolute Gasteiger partial charge is 0.383 e. The fourth-order valence-electron chi connectivity index (χ4n) is 2.28. The highest BCUT2D eigenvalue weighted by atomic mass is 79.9. The summed E-state index contributed by atoms with van der Waals surface area (Å²) < 4.78 is 5.92. The number of carbonyl (C=O) groups excluding carboxylic acids is 2. The molecule has 1 saturated heterocycles. The number of ether oxygens (including phenoxy) is 1.